The largest absolute Gasteiger partial charge is 0.423 e. The summed E-state index contributed by atoms with van der Waals surface area (Å²) in [5, 5.41) is 6.12. The van der Waals surface area contributed by atoms with E-state index in [1.54, 1.807) is 16.2 Å². The molecular weight excluding hydrogens is 338 g/mol. The van der Waals surface area contributed by atoms with E-state index in [1.807, 2.05) is 19.2 Å². The highest BCUT2D eigenvalue weighted by molar-refractivity contribution is 7.31. The van der Waals surface area contributed by atoms with Gasteiger partial charge in [0.2, 0.25) is 0 Å². The number of hydrogen-bond donors (Lipinski definition) is 0. The zero-order valence-electron chi connectivity index (χ0n) is 14.5. The fraction of sp³-hybridized carbons (Fsp3) is 0.526. The minimum Gasteiger partial charge on any atom is -0.363 e. The van der Waals surface area contributed by atoms with E-state index in [4.69, 9.17) is 4.74 Å². The normalized spacial score (nSPS) is 15.7. The summed E-state index contributed by atoms with van der Waals surface area (Å²) in [6.45, 7) is 2.19. The second kappa shape index (κ2) is 8.17. The summed E-state index contributed by atoms with van der Waals surface area (Å²) in [5.41, 5.74) is 1.32. The van der Waals surface area contributed by atoms with E-state index in [0.29, 0.717) is 5.92 Å². The van der Waals surface area contributed by atoms with Crippen molar-refractivity contribution in [2.45, 2.75) is 57.1 Å². The second-order valence-corrected chi connectivity index (χ2v) is 9.23. The highest BCUT2D eigenvalue weighted by atomic mass is 32.2. The van der Waals surface area contributed by atoms with Gasteiger partial charge in [-0.3, -0.25) is 4.90 Å². The van der Waals surface area contributed by atoms with Crippen LogP contribution in [0.3, 0.4) is 0 Å². The molecule has 24 heavy (non-hydrogen) atoms. The van der Waals surface area contributed by atoms with Crippen molar-refractivity contribution in [3.8, 4) is 5.06 Å². The van der Waals surface area contributed by atoms with Crippen molar-refractivity contribution in [1.29, 1.82) is 0 Å². The van der Waals surface area contributed by atoms with Crippen molar-refractivity contribution in [3.63, 3.8) is 0 Å². The molecule has 5 heteroatoms. The molecule has 0 N–H and O–H groups in total. The Labute approximate surface area is 151 Å². The Morgan fingerprint density at radius 2 is 2.17 bits per heavy atom. The van der Waals surface area contributed by atoms with Gasteiger partial charge in [0.1, 0.15) is 16.1 Å². The number of ether oxygens (including phenoxy) is 1. The maximum atomic E-state index is 12.6. The van der Waals surface area contributed by atoms with Gasteiger partial charge < -0.3 is 4.74 Å². The molecule has 0 aromatic carbocycles. The van der Waals surface area contributed by atoms with Crippen LogP contribution in [-0.2, 0) is 5.75 Å². The third kappa shape index (κ3) is 3.83. The first-order chi connectivity index (χ1) is 11.7. The molecule has 0 saturated heterocycles. The quantitative estimate of drug-likeness (QED) is 0.541. The van der Waals surface area contributed by atoms with Gasteiger partial charge in [0.25, 0.3) is 0 Å². The number of nitrogens with zero attached hydrogens (tertiary/aromatic N) is 1. The van der Waals surface area contributed by atoms with E-state index in [2.05, 4.69) is 23.8 Å². The van der Waals surface area contributed by atoms with Crippen LogP contribution in [0.15, 0.2) is 29.0 Å². The predicted molar refractivity (Wildman–Crippen MR) is 104 cm³/mol. The van der Waals surface area contributed by atoms with Gasteiger partial charge >= 0.3 is 11.2 Å². The molecule has 0 aliphatic heterocycles. The minimum absolute atomic E-state index is 0.0420. The maximum absolute atomic E-state index is 12.6. The molecule has 0 bridgehead atoms. The summed E-state index contributed by atoms with van der Waals surface area (Å²) in [7, 11) is 1.79. The summed E-state index contributed by atoms with van der Waals surface area (Å²) in [6, 6.07) is 6.13. The average Bonchev–Trinajstić information content (AvgIpc) is 3.32. The van der Waals surface area contributed by atoms with E-state index in [1.165, 1.54) is 37.7 Å². The zero-order valence-corrected chi connectivity index (χ0v) is 16.1. The molecule has 1 aliphatic carbocycles. The Bertz CT molecular complexity index is 670. The third-order valence-corrected chi connectivity index (χ3v) is 7.64. The summed E-state index contributed by atoms with van der Waals surface area (Å²) in [5.74, 6) is 1.68. The lowest BCUT2D eigenvalue weighted by molar-refractivity contribution is 0.210. The zero-order chi connectivity index (χ0) is 16.9. The van der Waals surface area contributed by atoms with Crippen molar-refractivity contribution in [3.05, 3.63) is 34.5 Å². The predicted octanol–water partition coefficient (Wildman–Crippen LogP) is 6.59. The van der Waals surface area contributed by atoms with Crippen LogP contribution in [0.4, 0.5) is 9.80 Å². The summed E-state index contributed by atoms with van der Waals surface area (Å²) < 4.78 is 5.73. The molecule has 1 aliphatic rings. The fourth-order valence-electron chi connectivity index (χ4n) is 3.29. The Kier molecular flexibility index (Phi) is 5.95. The molecule has 3 rings (SSSR count). The van der Waals surface area contributed by atoms with Crippen LogP contribution >= 0.6 is 21.8 Å². The number of hydrogen-bond acceptors (Lipinski definition) is 3. The van der Waals surface area contributed by atoms with Crippen LogP contribution in [0.25, 0.3) is 0 Å². The van der Waals surface area contributed by atoms with Gasteiger partial charge in [-0.05, 0) is 48.3 Å². The van der Waals surface area contributed by atoms with Crippen LogP contribution < -0.4 is 9.64 Å². The molecule has 0 radical (unpaired) electrons. The Balaban J connectivity index is 1.69. The number of carbonyl (C=O) groups excluding carboxylic acids is 1. The fourth-order valence-corrected chi connectivity index (χ4v) is 6.01. The van der Waals surface area contributed by atoms with Gasteiger partial charge in [0.15, 0.2) is 0 Å². The molecule has 1 unspecified atom stereocenters. The van der Waals surface area contributed by atoms with Crippen LogP contribution in [0.2, 0.25) is 0 Å². The number of unbranched alkanes of at least 4 members (excludes halogenated alkanes) is 1. The lowest BCUT2D eigenvalue weighted by atomic mass is 10.00. The van der Waals surface area contributed by atoms with Gasteiger partial charge in [0, 0.05) is 23.6 Å². The summed E-state index contributed by atoms with van der Waals surface area (Å²) >= 11 is 1.64. The Morgan fingerprint density at radius 1 is 1.38 bits per heavy atom. The first-order valence-electron chi connectivity index (χ1n) is 8.81. The van der Waals surface area contributed by atoms with E-state index in [9.17, 15) is 4.79 Å². The lowest BCUT2D eigenvalue weighted by Crippen LogP contribution is -2.29. The van der Waals surface area contributed by atoms with Crippen molar-refractivity contribution in [2.75, 3.05) is 11.9 Å². The minimum atomic E-state index is -0.263. The maximum Gasteiger partial charge on any atom is 0.423 e. The lowest BCUT2D eigenvalue weighted by Gasteiger charge is -2.18. The average molecular weight is 365 g/mol. The standard InChI is InChI=1S/C19H26NO2S2/c1-3-4-13-24-14-7-10-17(24)22-19(21)20(2)18-16(11-12-23-18)15-8-5-6-9-15/h7,10-12,14-15H,3-6,8-9,13H2,1-2H3/q+1. The van der Waals surface area contributed by atoms with Crippen molar-refractivity contribution in [1.82, 2.24) is 0 Å². The first kappa shape index (κ1) is 17.5. The van der Waals surface area contributed by atoms with Crippen LogP contribution in [0, 0.1) is 0 Å². The van der Waals surface area contributed by atoms with Gasteiger partial charge in [0.05, 0.1) is 0 Å². The van der Waals surface area contributed by atoms with Crippen LogP contribution in [0.5, 0.6) is 5.06 Å². The molecule has 2 heterocycles. The molecule has 1 amide bonds. The highest BCUT2D eigenvalue weighted by Crippen LogP contribution is 2.42. The van der Waals surface area contributed by atoms with E-state index >= 15 is 0 Å². The molecule has 3 nitrogen and oxygen atoms in total. The number of carbonyl (C=O) groups is 1. The molecule has 0 spiro atoms. The summed E-state index contributed by atoms with van der Waals surface area (Å²) in [6.07, 6.45) is 7.14. The summed E-state index contributed by atoms with van der Waals surface area (Å²) in [4.78, 5) is 14.3. The third-order valence-electron chi connectivity index (χ3n) is 4.69. The van der Waals surface area contributed by atoms with Gasteiger partial charge in [-0.15, -0.1) is 11.3 Å². The van der Waals surface area contributed by atoms with Gasteiger partial charge in [-0.1, -0.05) is 26.2 Å². The van der Waals surface area contributed by atoms with E-state index < -0.39 is 0 Å². The van der Waals surface area contributed by atoms with Crippen LogP contribution in [0.1, 0.15) is 56.9 Å². The number of rotatable bonds is 6. The highest BCUT2D eigenvalue weighted by Gasteiger charge is 2.27. The number of thiophene rings is 2. The number of aryl methyl sites for hydroxylation is 1. The molecule has 2 aromatic heterocycles. The smallest absolute Gasteiger partial charge is 0.363 e. The van der Waals surface area contributed by atoms with E-state index in [0.717, 1.165) is 22.2 Å². The molecule has 1 fully saturated rings. The second-order valence-electron chi connectivity index (χ2n) is 6.39. The monoisotopic (exact) mass is 364 g/mol. The van der Waals surface area contributed by atoms with Gasteiger partial charge in [-0.25, -0.2) is 4.79 Å². The topological polar surface area (TPSA) is 29.5 Å². The molecule has 2 aromatic rings. The molecule has 1 saturated carbocycles. The Morgan fingerprint density at radius 3 is 2.92 bits per heavy atom. The number of amides is 1. The molecule has 1 atom stereocenters. The van der Waals surface area contributed by atoms with Crippen molar-refractivity contribution < 1.29 is 9.53 Å². The van der Waals surface area contributed by atoms with Gasteiger partial charge in [-0.2, -0.15) is 0 Å². The first-order valence-corrected chi connectivity index (χ1v) is 11.2. The van der Waals surface area contributed by atoms with Crippen molar-refractivity contribution in [2.24, 2.45) is 0 Å². The van der Waals surface area contributed by atoms with Crippen LogP contribution in [-0.4, -0.2) is 13.1 Å². The molecular formula is C19H26NO2S2+. The number of anilines is 1. The van der Waals surface area contributed by atoms with E-state index in [-0.39, 0.29) is 16.6 Å². The molecule has 130 valence electrons. The van der Waals surface area contributed by atoms with Crippen molar-refractivity contribution >= 4 is 32.9 Å². The SMILES string of the molecule is CCCC[s+]1cccc1OC(=O)N(C)c1sccc1C1CCCC1. The Hall–Kier alpha value is -1.33.